The van der Waals surface area contributed by atoms with Gasteiger partial charge in [0, 0.05) is 11.3 Å². The van der Waals surface area contributed by atoms with E-state index in [-0.39, 0.29) is 46.2 Å². The number of hydrogen-bond acceptors (Lipinski definition) is 9. The molecule has 0 amide bonds. The molecule has 10 nitrogen and oxygen atoms in total. The monoisotopic (exact) mass is 620 g/mol. The molecule has 15 heteroatoms. The Kier molecular flexibility index (Phi) is 11.8. The number of aliphatic carboxylic acids is 1. The van der Waals surface area contributed by atoms with Crippen LogP contribution in [0.5, 0.6) is 11.5 Å². The van der Waals surface area contributed by atoms with Crippen LogP contribution in [0.15, 0.2) is 77.1 Å². The van der Waals surface area contributed by atoms with Gasteiger partial charge in [-0.1, -0.05) is 36.0 Å². The van der Waals surface area contributed by atoms with Gasteiger partial charge in [0.05, 0.1) is 30.7 Å². The number of nitrogens with zero attached hydrogens (tertiary/aromatic N) is 5. The minimum Gasteiger partial charge on any atom is -0.549 e. The largest absolute Gasteiger partial charge is 1.00 e. The van der Waals surface area contributed by atoms with Crippen LogP contribution in [0, 0.1) is 13.8 Å². The molecule has 0 spiro atoms. The SMILES string of the molecule is COc1cc(C)c(N=C(N/N=C/c2ccc(-c3ncn(-c4ccc(OC(F)(F)F)cc4)n3)cc2)SCC(=O)[O-])c(C)c1.[Na+]. The van der Waals surface area contributed by atoms with Crippen LogP contribution in [-0.2, 0) is 4.79 Å². The Balaban J connectivity index is 0.00000506. The molecule has 4 aromatic rings. The Morgan fingerprint density at radius 2 is 1.72 bits per heavy atom. The van der Waals surface area contributed by atoms with Gasteiger partial charge in [0.15, 0.2) is 11.0 Å². The summed E-state index contributed by atoms with van der Waals surface area (Å²) < 4.78 is 47.7. The Morgan fingerprint density at radius 3 is 2.30 bits per heavy atom. The third-order valence-electron chi connectivity index (χ3n) is 5.61. The molecule has 0 fully saturated rings. The zero-order chi connectivity index (χ0) is 30.3. The summed E-state index contributed by atoms with van der Waals surface area (Å²) in [6.07, 6.45) is -1.77. The van der Waals surface area contributed by atoms with E-state index in [0.717, 1.165) is 28.5 Å². The molecule has 0 aliphatic carbocycles. The van der Waals surface area contributed by atoms with Gasteiger partial charge < -0.3 is 19.4 Å². The fourth-order valence-electron chi connectivity index (χ4n) is 3.73. The normalized spacial score (nSPS) is 11.7. The van der Waals surface area contributed by atoms with Gasteiger partial charge in [0.1, 0.15) is 17.8 Å². The number of rotatable bonds is 9. The van der Waals surface area contributed by atoms with E-state index in [2.05, 4.69) is 30.3 Å². The summed E-state index contributed by atoms with van der Waals surface area (Å²) in [7, 11) is 1.58. The first kappa shape index (κ1) is 33.6. The molecule has 4 rings (SSSR count). The van der Waals surface area contributed by atoms with Gasteiger partial charge in [0.2, 0.25) is 0 Å². The van der Waals surface area contributed by atoms with E-state index in [1.165, 1.54) is 35.3 Å². The van der Waals surface area contributed by atoms with Gasteiger partial charge >= 0.3 is 35.9 Å². The molecular weight excluding hydrogens is 596 g/mol. The Hall–Kier alpha value is -3.85. The Morgan fingerprint density at radius 1 is 1.07 bits per heavy atom. The van der Waals surface area contributed by atoms with Crippen LogP contribution < -0.4 is 49.6 Å². The second-order valence-corrected chi connectivity index (χ2v) is 9.70. The number of carboxylic acid groups (broad SMARTS) is 1. The number of aryl methyl sites for hydroxylation is 2. The number of amidine groups is 1. The van der Waals surface area contributed by atoms with E-state index in [0.29, 0.717) is 28.5 Å². The van der Waals surface area contributed by atoms with Crippen molar-refractivity contribution >= 4 is 34.8 Å². The number of thioether (sulfide) groups is 1. The molecule has 0 atom stereocenters. The molecule has 0 saturated carbocycles. The van der Waals surface area contributed by atoms with Gasteiger partial charge in [0.25, 0.3) is 0 Å². The number of alkyl halides is 3. The van der Waals surface area contributed by atoms with E-state index >= 15 is 0 Å². The molecule has 43 heavy (non-hydrogen) atoms. The van der Waals surface area contributed by atoms with Crippen molar-refractivity contribution in [3.63, 3.8) is 0 Å². The number of carbonyl (C=O) groups is 1. The van der Waals surface area contributed by atoms with Crippen LogP contribution in [0.1, 0.15) is 16.7 Å². The van der Waals surface area contributed by atoms with E-state index < -0.39 is 12.3 Å². The number of carbonyl (C=O) groups excluding carboxylic acids is 1. The van der Waals surface area contributed by atoms with Crippen molar-refractivity contribution in [2.75, 3.05) is 12.9 Å². The quantitative estimate of drug-likeness (QED) is 0.129. The van der Waals surface area contributed by atoms with Crippen LogP contribution in [0.25, 0.3) is 17.1 Å². The van der Waals surface area contributed by atoms with Gasteiger partial charge in [-0.3, -0.25) is 5.43 Å². The predicted octanol–water partition coefficient (Wildman–Crippen LogP) is 1.56. The van der Waals surface area contributed by atoms with Crippen molar-refractivity contribution in [2.45, 2.75) is 20.2 Å². The van der Waals surface area contributed by atoms with Crippen molar-refractivity contribution in [3.8, 4) is 28.6 Å². The number of ether oxygens (including phenoxy) is 2. The van der Waals surface area contributed by atoms with Crippen molar-refractivity contribution in [1.82, 2.24) is 20.2 Å². The molecule has 0 aliphatic heterocycles. The summed E-state index contributed by atoms with van der Waals surface area (Å²) in [5, 5.41) is 19.9. The maximum atomic E-state index is 12.4. The summed E-state index contributed by atoms with van der Waals surface area (Å²) >= 11 is 0.946. The van der Waals surface area contributed by atoms with Gasteiger partial charge in [-0.2, -0.15) is 5.10 Å². The first-order valence-corrected chi connectivity index (χ1v) is 13.2. The molecule has 3 aromatic carbocycles. The molecule has 1 aromatic heterocycles. The number of nitrogens with one attached hydrogen (secondary N) is 1. The number of hydrazone groups is 1. The number of aromatic nitrogens is 3. The second kappa shape index (κ2) is 15.0. The number of benzene rings is 3. The summed E-state index contributed by atoms with van der Waals surface area (Å²) in [6.45, 7) is 3.75. The minimum absolute atomic E-state index is 0. The van der Waals surface area contributed by atoms with Crippen LogP contribution in [0.4, 0.5) is 18.9 Å². The number of aliphatic imine (C=N–C) groups is 1. The van der Waals surface area contributed by atoms with Crippen molar-refractivity contribution < 1.29 is 62.1 Å². The smallest absolute Gasteiger partial charge is 0.549 e. The molecule has 0 radical (unpaired) electrons. The molecule has 0 unspecified atom stereocenters. The predicted molar refractivity (Wildman–Crippen MR) is 151 cm³/mol. The Labute approximate surface area is 271 Å². The number of hydrogen-bond donors (Lipinski definition) is 1. The molecule has 0 aliphatic rings. The van der Waals surface area contributed by atoms with Crippen molar-refractivity contribution in [1.29, 1.82) is 0 Å². The fraction of sp³-hybridized carbons (Fsp3) is 0.179. The minimum atomic E-state index is -4.77. The zero-order valence-corrected chi connectivity index (χ0v) is 26.4. The van der Waals surface area contributed by atoms with Crippen LogP contribution >= 0.6 is 11.8 Å². The number of halogens is 3. The van der Waals surface area contributed by atoms with Gasteiger partial charge in [-0.05, 0) is 66.9 Å². The molecule has 218 valence electrons. The van der Waals surface area contributed by atoms with Crippen LogP contribution in [0.2, 0.25) is 0 Å². The maximum Gasteiger partial charge on any atom is 1.00 e. The first-order valence-electron chi connectivity index (χ1n) is 12.2. The third kappa shape index (κ3) is 9.85. The van der Waals surface area contributed by atoms with E-state index in [1.807, 2.05) is 26.0 Å². The Bertz CT molecular complexity index is 1590. The van der Waals surface area contributed by atoms with Crippen LogP contribution in [-0.4, -0.2) is 51.3 Å². The summed E-state index contributed by atoms with van der Waals surface area (Å²) in [5.74, 6) is -0.778. The van der Waals surface area contributed by atoms with E-state index in [4.69, 9.17) is 4.74 Å². The third-order valence-corrected chi connectivity index (χ3v) is 6.45. The molecule has 0 bridgehead atoms. The summed E-state index contributed by atoms with van der Waals surface area (Å²) in [4.78, 5) is 19.9. The standard InChI is InChI=1S/C28H25F3N6O4S.Na/c1-17-12-23(40-3)13-18(2)25(17)34-27(42-15-24(38)39)35-33-14-19-4-6-20(7-5-19)26-32-16-37(36-26)21-8-10-22(11-9-21)41-28(29,30)31;/h4-14,16H,15H2,1-3H3,(H,34,35)(H,38,39);/q;+1/p-1/b33-14+;. The number of carboxylic acids is 1. The average molecular weight is 621 g/mol. The topological polar surface area (TPSA) is 126 Å². The first-order chi connectivity index (χ1) is 20.0. The van der Waals surface area contributed by atoms with E-state index in [1.54, 1.807) is 37.6 Å². The van der Waals surface area contributed by atoms with Gasteiger partial charge in [-0.25, -0.2) is 14.7 Å². The molecule has 1 heterocycles. The van der Waals surface area contributed by atoms with Crippen molar-refractivity contribution in [2.24, 2.45) is 10.1 Å². The van der Waals surface area contributed by atoms with E-state index in [9.17, 15) is 23.1 Å². The van der Waals surface area contributed by atoms with Gasteiger partial charge in [-0.15, -0.1) is 18.3 Å². The summed E-state index contributed by atoms with van der Waals surface area (Å²) in [5.41, 5.74) is 7.11. The molecule has 1 N–H and O–H groups in total. The fourth-order valence-corrected chi connectivity index (χ4v) is 4.26. The molecule has 0 saturated heterocycles. The average Bonchev–Trinajstić information content (AvgIpc) is 3.43. The summed E-state index contributed by atoms with van der Waals surface area (Å²) in [6, 6.07) is 16.1. The molecular formula is C28H24F3N6NaO4S. The zero-order valence-electron chi connectivity index (χ0n) is 23.5. The number of methoxy groups -OCH3 is 1. The van der Waals surface area contributed by atoms with Crippen molar-refractivity contribution in [3.05, 3.63) is 83.7 Å². The maximum absolute atomic E-state index is 12.4. The van der Waals surface area contributed by atoms with Crippen LogP contribution in [0.3, 0.4) is 0 Å². The second-order valence-electron chi connectivity index (χ2n) is 8.73.